The van der Waals surface area contributed by atoms with Gasteiger partial charge >= 0.3 is 308 Å². The number of hydrogen-bond acceptors (Lipinski definition) is 34. The van der Waals surface area contributed by atoms with Gasteiger partial charge in [0, 0.05) is 140 Å². The molecule has 0 spiro atoms. The molecule has 11 atom stereocenters. The maximum absolute atomic E-state index is 10.4. The molecule has 0 amide bonds. The van der Waals surface area contributed by atoms with Crippen LogP contribution in [0, 0.1) is 43.9 Å². The molecular weight excluding hydrogens is 2300 g/mol. The quantitative estimate of drug-likeness (QED) is 0.00648. The van der Waals surface area contributed by atoms with E-state index in [0.29, 0.717) is 95.9 Å². The average Bonchev–Trinajstić information content (AvgIpc) is 1.63. The van der Waals surface area contributed by atoms with Crippen LogP contribution in [0.15, 0.2) is 200 Å². The fraction of sp³-hybridized carbons (Fsp3) is 0.364. The number of H-pyrrole nitrogens is 1. The first kappa shape index (κ1) is 144. The third-order valence-corrected chi connectivity index (χ3v) is 25.6. The monoisotopic (exact) mass is 2410 g/mol. The summed E-state index contributed by atoms with van der Waals surface area (Å²) < 4.78 is 13.6. The van der Waals surface area contributed by atoms with Crippen LogP contribution in [0.3, 0.4) is 0 Å². The molecule has 0 aliphatic carbocycles. The number of halogens is 13. The van der Waals surface area contributed by atoms with Crippen LogP contribution in [0.2, 0.25) is 61.1 Å². The van der Waals surface area contributed by atoms with Crippen molar-refractivity contribution < 1.29 is 381 Å². The number of nitrogens with one attached hydrogen (secondary N) is 4. The van der Waals surface area contributed by atoms with Crippen LogP contribution in [-0.4, -0.2) is 238 Å². The predicted octanol–water partition coefficient (Wildman–Crippen LogP) is -2.27. The van der Waals surface area contributed by atoms with Crippen LogP contribution in [0.5, 0.6) is 0 Å². The van der Waals surface area contributed by atoms with Crippen LogP contribution in [0.1, 0.15) is 50.3 Å². The smallest absolute Gasteiger partial charge is 1.00 e. The maximum atomic E-state index is 10.4. The van der Waals surface area contributed by atoms with Crippen LogP contribution in [0.4, 0.5) is 39.8 Å². The van der Waals surface area contributed by atoms with Gasteiger partial charge in [-0.2, -0.15) is 26.3 Å². The molecule has 10 aromatic rings. The van der Waals surface area contributed by atoms with Gasteiger partial charge in [0.15, 0.2) is 6.29 Å². The number of aldehydes is 1. The van der Waals surface area contributed by atoms with Crippen molar-refractivity contribution in [3.63, 3.8) is 0 Å². The number of fused-ring (bicyclic) bond motifs is 3. The number of methoxy groups -OCH3 is 2. The number of aromatic nitrogens is 7. The first-order valence-electron chi connectivity index (χ1n) is 41.9. The van der Waals surface area contributed by atoms with E-state index in [9.17, 15) is 30.1 Å². The zero-order valence-electron chi connectivity index (χ0n) is 86.3. The zero-order chi connectivity index (χ0) is 101. The molecule has 7 fully saturated rings. The number of nitro groups is 2. The molecule has 15 N–H and O–H groups in total. The second-order valence-corrected chi connectivity index (χ2v) is 35.3. The van der Waals surface area contributed by atoms with E-state index < -0.39 is 9.85 Å². The number of nitrogens with zero attached hydrogens (tertiary/aromatic N) is 14. The van der Waals surface area contributed by atoms with Gasteiger partial charge in [0.2, 0.25) is 5.56 Å². The number of pyridine rings is 7. The van der Waals surface area contributed by atoms with Crippen LogP contribution in [-0.2, 0) is 28.3 Å². The Hall–Kier alpha value is 1.63. The van der Waals surface area contributed by atoms with Crippen molar-refractivity contribution >= 4 is 197 Å². The van der Waals surface area contributed by atoms with Gasteiger partial charge in [-0.25, -0.2) is 29.9 Å². The summed E-state index contributed by atoms with van der Waals surface area (Å²) in [4.78, 5) is 86.1. The van der Waals surface area contributed by atoms with E-state index in [4.69, 9.17) is 195 Å². The van der Waals surface area contributed by atoms with Gasteiger partial charge in [-0.15, -0.1) is 6.58 Å². The van der Waals surface area contributed by atoms with E-state index in [1.165, 1.54) is 6.92 Å². The number of benzene rings is 3. The predicted molar refractivity (Wildman–Crippen MR) is 548 cm³/mol. The summed E-state index contributed by atoms with van der Waals surface area (Å²) >= 11 is 74.0. The number of aliphatic hydroxyl groups is 4. The Labute approximate surface area is 1160 Å². The molecule has 7 aliphatic rings. The van der Waals surface area contributed by atoms with Crippen molar-refractivity contribution in [2.75, 3.05) is 150 Å². The molecule has 56 heteroatoms. The summed E-state index contributed by atoms with van der Waals surface area (Å²) in [5, 5.41) is 74.7. The Morgan fingerprint density at radius 1 is 0.562 bits per heavy atom. The number of aromatic amines is 1. The van der Waals surface area contributed by atoms with Crippen molar-refractivity contribution in [2.45, 2.75) is 55.5 Å². The van der Waals surface area contributed by atoms with E-state index in [0.717, 1.165) is 147 Å². The van der Waals surface area contributed by atoms with Crippen molar-refractivity contribution in [1.82, 2.24) is 56.2 Å². The average molecular weight is 2410 g/mol. The Kier molecular flexibility index (Phi) is 78.6. The minimum atomic E-state index is -0.588. The molecule has 17 rings (SSSR count). The molecule has 14 heterocycles. The molecule has 7 saturated heterocycles. The van der Waals surface area contributed by atoms with Gasteiger partial charge in [-0.3, -0.25) is 29.9 Å². The minimum absolute atomic E-state index is 0. The van der Waals surface area contributed by atoms with Gasteiger partial charge in [-0.05, 0) is 53.9 Å². The molecular formula is C88H110Cl13K6N21O16. The number of carbonyl (C=O) groups is 1. The molecule has 760 valence electrons. The van der Waals surface area contributed by atoms with Crippen LogP contribution in [0.25, 0.3) is 0 Å². The number of rotatable bonds is 22. The number of nitrogens with two attached hydrogens (primary N) is 3. The molecule has 0 saturated carbocycles. The Morgan fingerprint density at radius 3 is 1.35 bits per heavy atom. The van der Waals surface area contributed by atoms with E-state index in [-0.39, 0.29) is 418 Å². The van der Waals surface area contributed by atoms with Crippen molar-refractivity contribution in [3.8, 4) is 0 Å². The second-order valence-electron chi connectivity index (χ2n) is 30.5. The Morgan fingerprint density at radius 2 is 0.986 bits per heavy atom. The summed E-state index contributed by atoms with van der Waals surface area (Å²) in [6.07, 6.45) is 12.9. The molecule has 0 radical (unpaired) electrons. The first-order chi connectivity index (χ1) is 66.2. The molecule has 0 bridgehead atoms. The van der Waals surface area contributed by atoms with Gasteiger partial charge in [-0.1, -0.05) is 236 Å². The third-order valence-electron chi connectivity index (χ3n) is 21.5. The van der Waals surface area contributed by atoms with Gasteiger partial charge < -0.3 is 99.6 Å². The van der Waals surface area contributed by atoms with Crippen molar-refractivity contribution in [1.29, 1.82) is 0 Å². The van der Waals surface area contributed by atoms with Gasteiger partial charge in [0.05, 0.1) is 187 Å². The van der Waals surface area contributed by atoms with E-state index in [1.807, 2.05) is 125 Å². The number of hydroxylamine groups is 4. The molecule has 7 aromatic heterocycles. The standard InChI is InChI=1S/C18H19Cl2N3O2.C12H16Cl2N2O2.C10H11Cl2N3O.C10H13Cl2N3O.C10H11Cl2N3.C8H11NO2.C8H11NO.C5H2Cl2N2O2.C5H4N2O3.C2H4O.ClH2NO.6K.6H/c19-15-6-14(7-21-18(15)20)22-8-13-11-25-23(16(13)9-22)17(10-24)12-4-2-1-3-5-12;1-4-5-16(8-11(17-2)18-3)9-6-10(13)12(14)15-7-9;11-8-1-7(2-13-10(8)12)15-3-6-5-16-14-9(6)4-15;11-8-1-7(2-14-10(8)12)15-3-6(5-16)9(13)4-15;11-8-1-7(3-14-10(8)12)15-4-6-2-13-9(6)5-15;10-6-8(9-11)7-4-2-1-3-5-7;9-8(6-10)7-4-2-1-3-5-7;6-4-1-3(9(10)11)2-8-5(4)7;8-5-2-1-4(3-6-5)7(9)10;1-2-3;1-3-2;;;;;;;;;;;;/h1-7,13,16-17,24H,8-11H2;4,6-7,11H,1,5,8H2,2-3H3;1-2,6,9,14H,3-5H2;1-2,6,9,16H,3-5,13H2;1,3,6,9,13H,2,4-5H2;1-5,8-11H,6H2;1-5,8,10H,6,9H2;1-2H;1-3H,(H,6,8);2H,1H3;2H2;;;;;;;;;;;;/q;;;;;;;;;;;6*+1;6*-1/t13-,16-,17-;;2*6-,9-;6-,9+;2*8-;;;;;;;;;;;;;;;;/m1.11011................/s1. The molecule has 7 aliphatic heterocycles. The topological polar surface area (TPSA) is 494 Å². The summed E-state index contributed by atoms with van der Waals surface area (Å²) in [6.45, 7) is 16.0. The van der Waals surface area contributed by atoms with Gasteiger partial charge in [0.1, 0.15) is 43.4 Å². The normalized spacial score (nSPS) is 18.0. The van der Waals surface area contributed by atoms with E-state index in [1.54, 1.807) is 63.4 Å². The Balaban J connectivity index is -0.000000387. The van der Waals surface area contributed by atoms with Crippen LogP contribution >= 0.6 is 151 Å². The van der Waals surface area contributed by atoms with Crippen LogP contribution < -0.4 is 372 Å². The van der Waals surface area contributed by atoms with Crippen molar-refractivity contribution in [3.05, 3.63) is 304 Å². The fourth-order valence-corrected chi connectivity index (χ4v) is 15.8. The van der Waals surface area contributed by atoms with E-state index >= 15 is 0 Å². The summed E-state index contributed by atoms with van der Waals surface area (Å²) in [5.74, 6) is 5.94. The number of anilines is 5. The maximum Gasteiger partial charge on any atom is 1.00 e. The molecule has 0 unspecified atom stereocenters. The summed E-state index contributed by atoms with van der Waals surface area (Å²) in [7, 11) is 3.18. The second kappa shape index (κ2) is 78.8. The molecule has 37 nitrogen and oxygen atoms in total. The minimum Gasteiger partial charge on any atom is -1.00 e. The number of aliphatic hydroxyl groups excluding tert-OH is 4. The number of hydrogen-bond donors (Lipinski definition) is 12. The largest absolute Gasteiger partial charge is 1.00 e. The van der Waals surface area contributed by atoms with Crippen molar-refractivity contribution in [2.24, 2.45) is 41.0 Å². The zero-order valence-corrected chi connectivity index (χ0v) is 109. The van der Waals surface area contributed by atoms with E-state index in [2.05, 4.69) is 94.0 Å². The molecule has 3 aromatic carbocycles. The number of carbonyl (C=O) groups excluding carboxylic acids is 1. The first-order valence-corrected chi connectivity index (χ1v) is 46.7. The number of ether oxygens (including phenoxy) is 2. The molecule has 144 heavy (non-hydrogen) atoms. The Bertz CT molecular complexity index is 5420. The summed E-state index contributed by atoms with van der Waals surface area (Å²) in [5.41, 5.74) is 23.6. The fourth-order valence-electron chi connectivity index (χ4n) is 14.3. The van der Waals surface area contributed by atoms with Gasteiger partial charge in [0.25, 0.3) is 11.4 Å². The summed E-state index contributed by atoms with van der Waals surface area (Å²) in [6, 6.07) is 41.8. The third kappa shape index (κ3) is 48.0. The SMILES string of the molecule is C=CCN(CC(OC)OC)c1cnc(Cl)c(Cl)c1.CC=O.Clc1cc(N2C[C@@H]3CN[C@@H]3C2)cnc1Cl.Clc1cc(N2C[C@@H]3CON[C@@H]3C2)cnc1Cl.NOCl.N[C@@H]1CN(c2cnc(Cl)c(Cl)c2)C[C@@H]1CO.N[C@H](CO)c1ccccc1.O=[N+]([O-])c1cnc(Cl)c(Cl)c1.O=c1ccc([N+](=O)[O-])c[nH]1.OC[C@@H](NO)c1ccccc1.OC[C@H](c1ccccc1)N1OC[C@H]2CN(c3cnc(Cl)c(Cl)c3)C[C@H]21.[H-].[H-].[H-].[H-].[H-].[H-].[K+].[K+].[K+].[K+].[K+].[K+].